The predicted molar refractivity (Wildman–Crippen MR) is 72.5 cm³/mol. The van der Waals surface area contributed by atoms with Gasteiger partial charge in [-0.3, -0.25) is 4.79 Å². The lowest BCUT2D eigenvalue weighted by Gasteiger charge is -2.07. The molecule has 0 aliphatic rings. The minimum absolute atomic E-state index is 0.126. The molecule has 0 aliphatic carbocycles. The van der Waals surface area contributed by atoms with Crippen molar-refractivity contribution in [1.82, 2.24) is 10.0 Å². The Bertz CT molecular complexity index is 590. The molecule has 0 aromatic heterocycles. The average Bonchev–Trinajstić information content (AvgIpc) is 2.41. The zero-order valence-electron chi connectivity index (χ0n) is 10.9. The van der Waals surface area contributed by atoms with Crippen LogP contribution in [-0.2, 0) is 14.8 Å². The van der Waals surface area contributed by atoms with Gasteiger partial charge in [0.05, 0.1) is 17.9 Å². The standard InChI is InChI=1S/C12H15N3O4S/c1-20(17,18)15-7-6-14-12(16)9-19-11-4-2-10(8-13)3-5-11/h2-5,15H,6-7,9H2,1H3,(H,14,16). The van der Waals surface area contributed by atoms with Gasteiger partial charge in [0.1, 0.15) is 5.75 Å². The molecule has 1 aromatic carbocycles. The number of sulfonamides is 1. The molecule has 0 saturated carbocycles. The van der Waals surface area contributed by atoms with Crippen LogP contribution in [-0.4, -0.2) is 40.3 Å². The molecular weight excluding hydrogens is 282 g/mol. The third-order valence-electron chi connectivity index (χ3n) is 2.16. The van der Waals surface area contributed by atoms with E-state index in [1.807, 2.05) is 6.07 Å². The van der Waals surface area contributed by atoms with Crippen LogP contribution in [0, 0.1) is 11.3 Å². The van der Waals surface area contributed by atoms with Crippen LogP contribution >= 0.6 is 0 Å². The molecule has 7 nitrogen and oxygen atoms in total. The van der Waals surface area contributed by atoms with Gasteiger partial charge in [0.2, 0.25) is 10.0 Å². The highest BCUT2D eigenvalue weighted by Gasteiger charge is 2.04. The van der Waals surface area contributed by atoms with Crippen molar-refractivity contribution in [2.45, 2.75) is 0 Å². The van der Waals surface area contributed by atoms with Crippen molar-refractivity contribution in [1.29, 1.82) is 5.26 Å². The number of nitrogens with one attached hydrogen (secondary N) is 2. The van der Waals surface area contributed by atoms with Crippen LogP contribution in [0.15, 0.2) is 24.3 Å². The third kappa shape index (κ3) is 6.72. The lowest BCUT2D eigenvalue weighted by atomic mass is 10.2. The van der Waals surface area contributed by atoms with E-state index in [0.29, 0.717) is 11.3 Å². The first kappa shape index (κ1) is 15.9. The minimum atomic E-state index is -3.24. The maximum Gasteiger partial charge on any atom is 0.257 e. The van der Waals surface area contributed by atoms with Gasteiger partial charge in [-0.15, -0.1) is 0 Å². The number of carbonyl (C=O) groups is 1. The Labute approximate surface area is 117 Å². The molecule has 20 heavy (non-hydrogen) atoms. The van der Waals surface area contributed by atoms with Gasteiger partial charge in [0.25, 0.3) is 5.91 Å². The second kappa shape index (κ2) is 7.47. The molecule has 0 radical (unpaired) electrons. The van der Waals surface area contributed by atoms with E-state index in [1.165, 1.54) is 0 Å². The number of hydrogen-bond acceptors (Lipinski definition) is 5. The fourth-order valence-corrected chi connectivity index (χ4v) is 1.74. The van der Waals surface area contributed by atoms with Crippen molar-refractivity contribution in [2.75, 3.05) is 26.0 Å². The predicted octanol–water partition coefficient (Wildman–Crippen LogP) is -0.398. The normalized spacial score (nSPS) is 10.6. The van der Waals surface area contributed by atoms with Gasteiger partial charge in [0, 0.05) is 13.1 Å². The highest BCUT2D eigenvalue weighted by molar-refractivity contribution is 7.88. The number of nitriles is 1. The molecule has 1 aromatic rings. The highest BCUT2D eigenvalue weighted by Crippen LogP contribution is 2.10. The number of ether oxygens (including phenoxy) is 1. The van der Waals surface area contributed by atoms with Gasteiger partial charge in [-0.25, -0.2) is 13.1 Å². The maximum atomic E-state index is 11.4. The summed E-state index contributed by atoms with van der Waals surface area (Å²) in [6.45, 7) is 0.134. The number of amides is 1. The summed E-state index contributed by atoms with van der Waals surface area (Å²) in [6.07, 6.45) is 1.04. The van der Waals surface area contributed by atoms with Crippen molar-refractivity contribution >= 4 is 15.9 Å². The SMILES string of the molecule is CS(=O)(=O)NCCNC(=O)COc1ccc(C#N)cc1. The summed E-state index contributed by atoms with van der Waals surface area (Å²) in [4.78, 5) is 11.4. The Kier molecular flexibility index (Phi) is 5.96. The van der Waals surface area contributed by atoms with Crippen molar-refractivity contribution in [3.8, 4) is 11.8 Å². The summed E-state index contributed by atoms with van der Waals surface area (Å²) in [7, 11) is -3.24. The molecule has 0 aliphatic heterocycles. The van der Waals surface area contributed by atoms with Gasteiger partial charge in [0.15, 0.2) is 6.61 Å². The summed E-state index contributed by atoms with van der Waals surface area (Å²) in [6, 6.07) is 8.34. The van der Waals surface area contributed by atoms with Gasteiger partial charge >= 0.3 is 0 Å². The van der Waals surface area contributed by atoms with Gasteiger partial charge < -0.3 is 10.1 Å². The second-order valence-electron chi connectivity index (χ2n) is 3.94. The van der Waals surface area contributed by atoms with Crippen LogP contribution in [0.1, 0.15) is 5.56 Å². The first-order valence-electron chi connectivity index (χ1n) is 5.75. The fraction of sp³-hybridized carbons (Fsp3) is 0.333. The summed E-state index contributed by atoms with van der Waals surface area (Å²) >= 11 is 0. The maximum absolute atomic E-state index is 11.4. The molecule has 1 amide bonds. The smallest absolute Gasteiger partial charge is 0.257 e. The van der Waals surface area contributed by atoms with Crippen molar-refractivity contribution in [3.63, 3.8) is 0 Å². The highest BCUT2D eigenvalue weighted by atomic mass is 32.2. The molecule has 2 N–H and O–H groups in total. The van der Waals surface area contributed by atoms with Crippen molar-refractivity contribution in [3.05, 3.63) is 29.8 Å². The molecule has 0 saturated heterocycles. The van der Waals surface area contributed by atoms with E-state index in [0.717, 1.165) is 6.26 Å². The van der Waals surface area contributed by atoms with E-state index >= 15 is 0 Å². The molecule has 108 valence electrons. The zero-order chi connectivity index (χ0) is 15.0. The summed E-state index contributed by atoms with van der Waals surface area (Å²) in [5.74, 6) is 0.123. The Morgan fingerprint density at radius 2 is 1.95 bits per heavy atom. The van der Waals surface area contributed by atoms with Crippen LogP contribution in [0.5, 0.6) is 5.75 Å². The molecule has 0 bridgehead atoms. The number of carbonyl (C=O) groups excluding carboxylic acids is 1. The average molecular weight is 297 g/mol. The molecule has 0 heterocycles. The molecular formula is C12H15N3O4S. The Morgan fingerprint density at radius 3 is 2.50 bits per heavy atom. The molecule has 0 atom stereocenters. The van der Waals surface area contributed by atoms with E-state index in [2.05, 4.69) is 10.0 Å². The van der Waals surface area contributed by atoms with E-state index in [9.17, 15) is 13.2 Å². The van der Waals surface area contributed by atoms with Crippen molar-refractivity contribution in [2.24, 2.45) is 0 Å². The largest absolute Gasteiger partial charge is 0.484 e. The van der Waals surface area contributed by atoms with Crippen LogP contribution in [0.4, 0.5) is 0 Å². The van der Waals surface area contributed by atoms with Gasteiger partial charge in [-0.2, -0.15) is 5.26 Å². The first-order chi connectivity index (χ1) is 9.40. The lowest BCUT2D eigenvalue weighted by molar-refractivity contribution is -0.123. The molecule has 8 heteroatoms. The first-order valence-corrected chi connectivity index (χ1v) is 7.64. The van der Waals surface area contributed by atoms with Crippen LogP contribution in [0.2, 0.25) is 0 Å². The number of hydrogen-bond donors (Lipinski definition) is 2. The lowest BCUT2D eigenvalue weighted by Crippen LogP contribution is -2.36. The van der Waals surface area contributed by atoms with Gasteiger partial charge in [-0.05, 0) is 24.3 Å². The Balaban J connectivity index is 2.24. The number of benzene rings is 1. The summed E-state index contributed by atoms with van der Waals surface area (Å²) < 4.78 is 29.0. The monoisotopic (exact) mass is 297 g/mol. The number of nitrogens with zero attached hydrogens (tertiary/aromatic N) is 1. The third-order valence-corrected chi connectivity index (χ3v) is 2.89. The van der Waals surface area contributed by atoms with Crippen LogP contribution in [0.3, 0.4) is 0 Å². The van der Waals surface area contributed by atoms with E-state index in [1.54, 1.807) is 24.3 Å². The molecule has 0 unspecified atom stereocenters. The molecule has 0 spiro atoms. The Morgan fingerprint density at radius 1 is 1.30 bits per heavy atom. The van der Waals surface area contributed by atoms with Crippen LogP contribution < -0.4 is 14.8 Å². The van der Waals surface area contributed by atoms with E-state index in [4.69, 9.17) is 10.00 Å². The van der Waals surface area contributed by atoms with Gasteiger partial charge in [-0.1, -0.05) is 0 Å². The second-order valence-corrected chi connectivity index (χ2v) is 5.77. The quantitative estimate of drug-likeness (QED) is 0.666. The number of rotatable bonds is 7. The summed E-state index contributed by atoms with van der Waals surface area (Å²) in [5.41, 5.74) is 0.508. The molecule has 0 fully saturated rings. The van der Waals surface area contributed by atoms with Crippen molar-refractivity contribution < 1.29 is 17.9 Å². The van der Waals surface area contributed by atoms with E-state index in [-0.39, 0.29) is 25.6 Å². The van der Waals surface area contributed by atoms with Crippen LogP contribution in [0.25, 0.3) is 0 Å². The Hall–Kier alpha value is -2.11. The minimum Gasteiger partial charge on any atom is -0.484 e. The van der Waals surface area contributed by atoms with E-state index < -0.39 is 10.0 Å². The fourth-order valence-electron chi connectivity index (χ4n) is 1.26. The summed E-state index contributed by atoms with van der Waals surface area (Å²) in [5, 5.41) is 11.1. The topological polar surface area (TPSA) is 108 Å². The molecule has 1 rings (SSSR count). The zero-order valence-corrected chi connectivity index (χ0v) is 11.7.